The zero-order chi connectivity index (χ0) is 21.7. The number of amides is 1. The van der Waals surface area contributed by atoms with Gasteiger partial charge in [0.25, 0.3) is 0 Å². The summed E-state index contributed by atoms with van der Waals surface area (Å²) in [5, 5.41) is 1.77. The highest BCUT2D eigenvalue weighted by Crippen LogP contribution is 2.26. The van der Waals surface area contributed by atoms with E-state index in [1.807, 2.05) is 60.7 Å². The van der Waals surface area contributed by atoms with Gasteiger partial charge in [0.2, 0.25) is 15.9 Å². The molecule has 1 N–H and O–H groups in total. The van der Waals surface area contributed by atoms with Crippen molar-refractivity contribution in [2.24, 2.45) is 5.92 Å². The van der Waals surface area contributed by atoms with Crippen molar-refractivity contribution in [1.29, 1.82) is 0 Å². The predicted molar refractivity (Wildman–Crippen MR) is 121 cm³/mol. The Labute approximate surface area is 183 Å². The molecule has 7 heteroatoms. The van der Waals surface area contributed by atoms with E-state index in [1.165, 1.54) is 4.31 Å². The summed E-state index contributed by atoms with van der Waals surface area (Å²) in [5.41, 5.74) is 4.74. The van der Waals surface area contributed by atoms with Crippen LogP contribution in [0.4, 0.5) is 11.4 Å². The lowest BCUT2D eigenvalue weighted by molar-refractivity contribution is -0.126. The average Bonchev–Trinajstić information content (AvgIpc) is 2.84. The number of piperidine rings is 1. The van der Waals surface area contributed by atoms with Crippen molar-refractivity contribution in [3.8, 4) is 0 Å². The minimum atomic E-state index is -3.53. The predicted octanol–water partition coefficient (Wildman–Crippen LogP) is 3.96. The number of anilines is 2. The molecule has 0 saturated carbocycles. The summed E-state index contributed by atoms with van der Waals surface area (Å²) in [7, 11) is -3.53. The van der Waals surface area contributed by atoms with E-state index in [-0.39, 0.29) is 16.7 Å². The first-order valence-corrected chi connectivity index (χ1v) is 11.8. The summed E-state index contributed by atoms with van der Waals surface area (Å²) in [4.78, 5) is 13.3. The second-order valence-corrected chi connectivity index (χ2v) is 9.41. The molecular weight excluding hydrogens is 410 g/mol. The van der Waals surface area contributed by atoms with E-state index in [4.69, 9.17) is 0 Å². The second kappa shape index (κ2) is 9.32. The number of rotatable bonds is 6. The second-order valence-electron chi connectivity index (χ2n) is 7.47. The molecule has 0 aliphatic carbocycles. The fourth-order valence-corrected chi connectivity index (χ4v) is 5.22. The van der Waals surface area contributed by atoms with E-state index in [0.29, 0.717) is 25.9 Å². The van der Waals surface area contributed by atoms with Crippen molar-refractivity contribution in [1.82, 2.24) is 9.73 Å². The zero-order valence-corrected chi connectivity index (χ0v) is 17.9. The highest BCUT2D eigenvalue weighted by Gasteiger charge is 2.32. The Balaban J connectivity index is 1.44. The summed E-state index contributed by atoms with van der Waals surface area (Å²) in [6.45, 7) is 0.651. The molecule has 31 heavy (non-hydrogen) atoms. The lowest BCUT2D eigenvalue weighted by Crippen LogP contribution is -2.47. The number of nitrogens with zero attached hydrogens (tertiary/aromatic N) is 2. The molecule has 0 unspecified atom stereocenters. The molecule has 1 aliphatic heterocycles. The van der Waals surface area contributed by atoms with Gasteiger partial charge in [-0.05, 0) is 49.2 Å². The minimum absolute atomic E-state index is 0.107. The maximum atomic E-state index is 13.1. The first-order valence-electron chi connectivity index (χ1n) is 10.3. The van der Waals surface area contributed by atoms with E-state index >= 15 is 0 Å². The van der Waals surface area contributed by atoms with Gasteiger partial charge in [-0.15, -0.1) is 0 Å². The Bertz CT molecular complexity index is 1060. The van der Waals surface area contributed by atoms with Crippen molar-refractivity contribution in [3.05, 3.63) is 91.0 Å². The molecule has 1 aliphatic rings. The van der Waals surface area contributed by atoms with Crippen LogP contribution in [0.2, 0.25) is 0 Å². The molecule has 1 fully saturated rings. The quantitative estimate of drug-likeness (QED) is 0.595. The molecule has 0 aromatic heterocycles. The van der Waals surface area contributed by atoms with Gasteiger partial charge >= 0.3 is 0 Å². The maximum Gasteiger partial charge on any atom is 0.243 e. The fourth-order valence-electron chi connectivity index (χ4n) is 3.73. The minimum Gasteiger partial charge on any atom is -0.273 e. The van der Waals surface area contributed by atoms with Gasteiger partial charge in [0, 0.05) is 19.0 Å². The standard InChI is InChI=1S/C24H25N3O3S/c28-24(25-27(21-10-4-1-5-11-21)22-12-6-2-7-13-22)20-16-18-26(19-17-20)31(29,30)23-14-8-3-9-15-23/h1-15,20H,16-19H2,(H,25,28). The van der Waals surface area contributed by atoms with Crippen LogP contribution in [0.3, 0.4) is 0 Å². The molecular formula is C24H25N3O3S. The molecule has 160 valence electrons. The number of benzene rings is 3. The van der Waals surface area contributed by atoms with Gasteiger partial charge in [0.1, 0.15) is 0 Å². The molecule has 4 rings (SSSR count). The van der Waals surface area contributed by atoms with Crippen LogP contribution in [0.15, 0.2) is 95.9 Å². The van der Waals surface area contributed by atoms with E-state index in [9.17, 15) is 13.2 Å². The lowest BCUT2D eigenvalue weighted by atomic mass is 9.97. The third-order valence-corrected chi connectivity index (χ3v) is 7.37. The molecule has 0 spiro atoms. The highest BCUT2D eigenvalue weighted by molar-refractivity contribution is 7.89. The van der Waals surface area contributed by atoms with Gasteiger partial charge in [-0.3, -0.25) is 15.2 Å². The van der Waals surface area contributed by atoms with Crippen molar-refractivity contribution in [3.63, 3.8) is 0 Å². The maximum absolute atomic E-state index is 13.1. The summed E-state index contributed by atoms with van der Waals surface area (Å²) in [6.07, 6.45) is 0.963. The first kappa shape index (κ1) is 21.1. The van der Waals surface area contributed by atoms with Gasteiger partial charge < -0.3 is 0 Å². The Morgan fingerprint density at radius 1 is 0.774 bits per heavy atom. The molecule has 0 bridgehead atoms. The van der Waals surface area contributed by atoms with Crippen LogP contribution in [0, 0.1) is 5.92 Å². The van der Waals surface area contributed by atoms with Crippen LogP contribution in [-0.4, -0.2) is 31.7 Å². The number of hydrazine groups is 1. The summed E-state index contributed by atoms with van der Waals surface area (Å²) < 4.78 is 27.1. The molecule has 1 amide bonds. The molecule has 3 aromatic carbocycles. The van der Waals surface area contributed by atoms with E-state index in [0.717, 1.165) is 11.4 Å². The van der Waals surface area contributed by atoms with Crippen LogP contribution < -0.4 is 10.4 Å². The number of hydrogen-bond donors (Lipinski definition) is 1. The van der Waals surface area contributed by atoms with Crippen molar-refractivity contribution in [2.75, 3.05) is 18.1 Å². The van der Waals surface area contributed by atoms with E-state index in [1.54, 1.807) is 35.3 Å². The van der Waals surface area contributed by atoms with Crippen molar-refractivity contribution >= 4 is 27.3 Å². The molecule has 1 heterocycles. The molecule has 0 radical (unpaired) electrons. The zero-order valence-electron chi connectivity index (χ0n) is 17.1. The number of hydrogen-bond acceptors (Lipinski definition) is 4. The van der Waals surface area contributed by atoms with Gasteiger partial charge in [0.05, 0.1) is 16.3 Å². The first-order chi connectivity index (χ1) is 15.1. The smallest absolute Gasteiger partial charge is 0.243 e. The van der Waals surface area contributed by atoms with Crippen LogP contribution in [0.25, 0.3) is 0 Å². The third kappa shape index (κ3) is 4.78. The summed E-state index contributed by atoms with van der Waals surface area (Å²) in [5.74, 6) is -0.360. The Morgan fingerprint density at radius 3 is 1.71 bits per heavy atom. The topological polar surface area (TPSA) is 69.7 Å². The van der Waals surface area contributed by atoms with E-state index in [2.05, 4.69) is 5.43 Å². The summed E-state index contributed by atoms with van der Waals surface area (Å²) in [6, 6.07) is 27.7. The van der Waals surface area contributed by atoms with Crippen LogP contribution in [0.1, 0.15) is 12.8 Å². The van der Waals surface area contributed by atoms with Crippen LogP contribution in [0.5, 0.6) is 0 Å². The van der Waals surface area contributed by atoms with Crippen molar-refractivity contribution < 1.29 is 13.2 Å². The number of nitrogens with one attached hydrogen (secondary N) is 1. The van der Waals surface area contributed by atoms with Gasteiger partial charge in [-0.2, -0.15) is 4.31 Å². The fraction of sp³-hybridized carbons (Fsp3) is 0.208. The Kier molecular flexibility index (Phi) is 6.34. The average molecular weight is 436 g/mol. The Hall–Kier alpha value is -3.16. The van der Waals surface area contributed by atoms with Gasteiger partial charge in [0.15, 0.2) is 0 Å². The SMILES string of the molecule is O=C(NN(c1ccccc1)c1ccccc1)C1CCN(S(=O)(=O)c2ccccc2)CC1. The summed E-state index contributed by atoms with van der Waals surface area (Å²) >= 11 is 0. The Morgan fingerprint density at radius 2 is 1.23 bits per heavy atom. The number of carbonyl (C=O) groups is 1. The lowest BCUT2D eigenvalue weighted by Gasteiger charge is -2.32. The molecule has 6 nitrogen and oxygen atoms in total. The third-order valence-electron chi connectivity index (χ3n) is 5.46. The highest BCUT2D eigenvalue weighted by atomic mass is 32.2. The molecule has 0 atom stereocenters. The monoisotopic (exact) mass is 435 g/mol. The normalized spacial score (nSPS) is 15.4. The van der Waals surface area contributed by atoms with Gasteiger partial charge in [-0.25, -0.2) is 8.42 Å². The number of carbonyl (C=O) groups excluding carboxylic acids is 1. The van der Waals surface area contributed by atoms with E-state index < -0.39 is 10.0 Å². The van der Waals surface area contributed by atoms with Crippen LogP contribution >= 0.6 is 0 Å². The molecule has 1 saturated heterocycles. The molecule has 3 aromatic rings. The van der Waals surface area contributed by atoms with Gasteiger partial charge in [-0.1, -0.05) is 54.6 Å². The number of sulfonamides is 1. The number of para-hydroxylation sites is 2. The van der Waals surface area contributed by atoms with Crippen molar-refractivity contribution in [2.45, 2.75) is 17.7 Å². The van der Waals surface area contributed by atoms with Crippen LogP contribution in [-0.2, 0) is 14.8 Å². The largest absolute Gasteiger partial charge is 0.273 e.